The smallest absolute Gasteiger partial charge is 0.345 e. The van der Waals surface area contributed by atoms with Crippen molar-refractivity contribution in [1.29, 1.82) is 0 Å². The molecule has 1 aromatic rings. The molecule has 0 aromatic heterocycles. The van der Waals surface area contributed by atoms with Crippen molar-refractivity contribution in [3.8, 4) is 0 Å². The van der Waals surface area contributed by atoms with E-state index in [0.717, 1.165) is 15.6 Å². The molecular formula is C17H18BrF2IN2O3. The molecule has 0 radical (unpaired) electrons. The summed E-state index contributed by atoms with van der Waals surface area (Å²) in [5.41, 5.74) is 5.24. The Hall–Kier alpha value is -0.810. The van der Waals surface area contributed by atoms with Crippen LogP contribution in [0.5, 0.6) is 0 Å². The molecule has 0 aliphatic heterocycles. The Morgan fingerprint density at radius 2 is 2.00 bits per heavy atom. The largest absolute Gasteiger partial charge is 0.352 e. The molecule has 5 nitrogen and oxygen atoms in total. The molecule has 0 saturated heterocycles. The zero-order chi connectivity index (χ0) is 19.1. The number of carbonyl (C=O) groups excluding carboxylic acids is 2. The molecule has 1 fully saturated rings. The van der Waals surface area contributed by atoms with Crippen molar-refractivity contribution in [1.82, 2.24) is 5.32 Å². The van der Waals surface area contributed by atoms with Crippen LogP contribution in [0, 0.1) is 5.41 Å². The number of amides is 2. The summed E-state index contributed by atoms with van der Waals surface area (Å²) in [6.45, 7) is -2.81. The second-order valence-corrected chi connectivity index (χ2v) is 8.76. The lowest BCUT2D eigenvalue weighted by atomic mass is 9.62. The van der Waals surface area contributed by atoms with Gasteiger partial charge in [0, 0.05) is 32.5 Å². The number of hydrogen-bond acceptors (Lipinski definition) is 3. The van der Waals surface area contributed by atoms with Gasteiger partial charge in [0.1, 0.15) is 5.54 Å². The van der Waals surface area contributed by atoms with Crippen LogP contribution in [-0.4, -0.2) is 22.5 Å². The van der Waals surface area contributed by atoms with E-state index in [1.165, 1.54) is 0 Å². The summed E-state index contributed by atoms with van der Waals surface area (Å²) in [4.78, 5) is 24.7. The van der Waals surface area contributed by atoms with Crippen LogP contribution in [0.1, 0.15) is 36.8 Å². The monoisotopic (exact) mass is 542 g/mol. The Labute approximate surface area is 171 Å². The Morgan fingerprint density at radius 3 is 2.54 bits per heavy atom. The van der Waals surface area contributed by atoms with E-state index < -0.39 is 29.7 Å². The molecule has 3 rings (SSSR count). The molecule has 1 unspecified atom stereocenters. The zero-order valence-corrected chi connectivity index (χ0v) is 17.5. The number of urea groups is 1. The molecular weight excluding hydrogens is 525 g/mol. The van der Waals surface area contributed by atoms with Gasteiger partial charge in [0.2, 0.25) is 3.79 Å². The lowest BCUT2D eigenvalue weighted by molar-refractivity contribution is -0.178. The van der Waals surface area contributed by atoms with Crippen molar-refractivity contribution in [2.45, 2.75) is 50.4 Å². The minimum absolute atomic E-state index is 0.237. The van der Waals surface area contributed by atoms with Crippen LogP contribution >= 0.6 is 38.5 Å². The van der Waals surface area contributed by atoms with Gasteiger partial charge in [0.25, 0.3) is 0 Å². The quantitative estimate of drug-likeness (QED) is 0.446. The minimum atomic E-state index is -2.81. The van der Waals surface area contributed by atoms with Crippen molar-refractivity contribution < 1.29 is 23.1 Å². The molecule has 2 amide bonds. The topological polar surface area (TPSA) is 81.4 Å². The third kappa shape index (κ3) is 3.26. The molecule has 1 spiro atoms. The average molecular weight is 543 g/mol. The summed E-state index contributed by atoms with van der Waals surface area (Å²) in [7, 11) is 0. The summed E-state index contributed by atoms with van der Waals surface area (Å²) in [5.74, 6) is 0. The highest BCUT2D eigenvalue weighted by atomic mass is 127. The summed E-state index contributed by atoms with van der Waals surface area (Å²) in [5, 5.41) is 2.73. The van der Waals surface area contributed by atoms with Gasteiger partial charge in [-0.05, 0) is 55.4 Å². The maximum absolute atomic E-state index is 12.9. The van der Waals surface area contributed by atoms with Gasteiger partial charge in [-0.3, -0.25) is 4.79 Å². The van der Waals surface area contributed by atoms with Crippen LogP contribution in [0.2, 0.25) is 0 Å². The van der Waals surface area contributed by atoms with Crippen LogP contribution in [-0.2, 0) is 21.5 Å². The summed E-state index contributed by atoms with van der Waals surface area (Å²) < 4.78 is 30.3. The molecule has 1 aromatic carbocycles. The van der Waals surface area contributed by atoms with Crippen molar-refractivity contribution >= 4 is 48.3 Å². The number of hydrogen-bond donors (Lipinski definition) is 2. The van der Waals surface area contributed by atoms with E-state index in [2.05, 4.69) is 26.0 Å². The van der Waals surface area contributed by atoms with E-state index in [-0.39, 0.29) is 3.79 Å². The number of fused-ring (bicyclic) bond motifs is 1. The maximum Gasteiger partial charge on any atom is 0.345 e. The van der Waals surface area contributed by atoms with E-state index in [0.29, 0.717) is 32.1 Å². The van der Waals surface area contributed by atoms with Crippen LogP contribution in [0.15, 0.2) is 22.7 Å². The SMILES string of the molecule is NC(=O)NC1(C(=O)I)c2cc(Br)ccc2CC12CCC(OC(F)F)CC2. The summed E-state index contributed by atoms with van der Waals surface area (Å²) in [6.07, 6.45) is 1.77. The van der Waals surface area contributed by atoms with Crippen LogP contribution in [0.4, 0.5) is 13.6 Å². The predicted molar refractivity (Wildman–Crippen MR) is 103 cm³/mol. The second-order valence-electron chi connectivity index (χ2n) is 6.87. The van der Waals surface area contributed by atoms with Crippen molar-refractivity contribution in [3.05, 3.63) is 33.8 Å². The van der Waals surface area contributed by atoms with E-state index in [1.807, 2.05) is 18.2 Å². The van der Waals surface area contributed by atoms with Crippen molar-refractivity contribution in [2.75, 3.05) is 0 Å². The first-order valence-electron chi connectivity index (χ1n) is 8.20. The number of ether oxygens (including phenoxy) is 1. The van der Waals surface area contributed by atoms with Gasteiger partial charge in [-0.25, -0.2) is 4.79 Å². The van der Waals surface area contributed by atoms with Gasteiger partial charge in [-0.15, -0.1) is 0 Å². The fourth-order valence-corrected chi connectivity index (χ4v) is 5.92. The van der Waals surface area contributed by atoms with Gasteiger partial charge in [0.15, 0.2) is 0 Å². The number of nitrogens with one attached hydrogen (secondary N) is 1. The van der Waals surface area contributed by atoms with E-state index in [9.17, 15) is 18.4 Å². The normalized spacial score (nSPS) is 30.4. The molecule has 2 aliphatic rings. The van der Waals surface area contributed by atoms with Gasteiger partial charge in [-0.2, -0.15) is 8.78 Å². The standard InChI is InChI=1S/C17H18BrF2IN2O3/c18-10-2-1-9-8-16(5-3-11(4-6-16)26-14(19)20)17(13(21)24,12(9)7-10)23-15(22)25/h1-2,7,11,14H,3-6,8H2,(H3,22,23,25). The second kappa shape index (κ2) is 7.31. The summed E-state index contributed by atoms with van der Waals surface area (Å²) >= 11 is 5.12. The maximum atomic E-state index is 12.9. The number of rotatable bonds is 4. The lowest BCUT2D eigenvalue weighted by Crippen LogP contribution is -2.61. The number of alkyl halides is 2. The molecule has 142 valence electrons. The van der Waals surface area contributed by atoms with Crippen molar-refractivity contribution in [2.24, 2.45) is 11.1 Å². The van der Waals surface area contributed by atoms with Crippen LogP contribution < -0.4 is 11.1 Å². The molecule has 1 atom stereocenters. The molecule has 26 heavy (non-hydrogen) atoms. The molecule has 0 heterocycles. The lowest BCUT2D eigenvalue weighted by Gasteiger charge is -2.48. The van der Waals surface area contributed by atoms with Crippen molar-refractivity contribution in [3.63, 3.8) is 0 Å². The van der Waals surface area contributed by atoms with Gasteiger partial charge in [0.05, 0.1) is 6.10 Å². The molecule has 1 saturated carbocycles. The van der Waals surface area contributed by atoms with Crippen LogP contribution in [0.25, 0.3) is 0 Å². The first-order valence-corrected chi connectivity index (χ1v) is 10.1. The van der Waals surface area contributed by atoms with E-state index in [4.69, 9.17) is 5.73 Å². The first-order chi connectivity index (χ1) is 12.2. The molecule has 0 bridgehead atoms. The molecule has 9 heteroatoms. The minimum Gasteiger partial charge on any atom is -0.352 e. The zero-order valence-electron chi connectivity index (χ0n) is 13.7. The predicted octanol–water partition coefficient (Wildman–Crippen LogP) is 4.00. The number of benzene rings is 1. The Balaban J connectivity index is 2.05. The third-order valence-electron chi connectivity index (χ3n) is 5.59. The third-order valence-corrected chi connectivity index (χ3v) is 6.89. The highest BCUT2D eigenvalue weighted by molar-refractivity contribution is 14.1. The van der Waals surface area contributed by atoms with Gasteiger partial charge < -0.3 is 15.8 Å². The van der Waals surface area contributed by atoms with Crippen LogP contribution in [0.3, 0.4) is 0 Å². The average Bonchev–Trinajstić information content (AvgIpc) is 2.80. The highest BCUT2D eigenvalue weighted by Crippen LogP contribution is 2.59. The number of primary amides is 1. The fraction of sp³-hybridized carbons (Fsp3) is 0.529. The van der Waals surface area contributed by atoms with Gasteiger partial charge >= 0.3 is 12.6 Å². The first kappa shape index (κ1) is 19.9. The van der Waals surface area contributed by atoms with Gasteiger partial charge in [-0.1, -0.05) is 22.0 Å². The number of carbonyl (C=O) groups is 2. The number of halogens is 4. The van der Waals surface area contributed by atoms with E-state index >= 15 is 0 Å². The molecule has 3 N–H and O–H groups in total. The Kier molecular flexibility index (Phi) is 5.60. The molecule has 2 aliphatic carbocycles. The fourth-order valence-electron chi connectivity index (χ4n) is 4.56. The van der Waals surface area contributed by atoms with E-state index in [1.54, 1.807) is 22.6 Å². The summed E-state index contributed by atoms with van der Waals surface area (Å²) in [6, 6.07) is 4.86. The number of nitrogens with two attached hydrogens (primary N) is 1. The Morgan fingerprint density at radius 1 is 1.35 bits per heavy atom. The Bertz CT molecular complexity index is 741. The highest BCUT2D eigenvalue weighted by Gasteiger charge is 2.62.